The summed E-state index contributed by atoms with van der Waals surface area (Å²) in [5.74, 6) is 0.283. The van der Waals surface area contributed by atoms with Crippen molar-refractivity contribution in [3.8, 4) is 5.75 Å². The lowest BCUT2D eigenvalue weighted by atomic mass is 10.1. The maximum absolute atomic E-state index is 12.4. The van der Waals surface area contributed by atoms with Crippen LogP contribution in [0.2, 0.25) is 0 Å². The average molecular weight is 405 g/mol. The van der Waals surface area contributed by atoms with Crippen LogP contribution in [0.1, 0.15) is 28.4 Å². The van der Waals surface area contributed by atoms with Crippen molar-refractivity contribution in [2.75, 3.05) is 12.4 Å². The first-order valence-electron chi connectivity index (χ1n) is 7.88. The summed E-state index contributed by atoms with van der Waals surface area (Å²) in [4.78, 5) is 23.9. The van der Waals surface area contributed by atoms with E-state index in [-0.39, 0.29) is 11.8 Å². The lowest BCUT2D eigenvalue weighted by Gasteiger charge is -2.18. The van der Waals surface area contributed by atoms with E-state index in [1.54, 1.807) is 38.2 Å². The van der Waals surface area contributed by atoms with Gasteiger partial charge >= 0.3 is 0 Å². The molecule has 0 fully saturated rings. The molecule has 0 bridgehead atoms. The molecule has 2 aromatic carbocycles. The van der Waals surface area contributed by atoms with Crippen molar-refractivity contribution < 1.29 is 14.3 Å². The fourth-order valence-electron chi connectivity index (χ4n) is 2.41. The van der Waals surface area contributed by atoms with Crippen molar-refractivity contribution in [1.82, 2.24) is 5.32 Å². The quantitative estimate of drug-likeness (QED) is 0.795. The van der Waals surface area contributed by atoms with Gasteiger partial charge in [0.25, 0.3) is 11.8 Å². The molecule has 0 radical (unpaired) electrons. The average Bonchev–Trinajstić information content (AvgIpc) is 2.57. The number of nitrogens with one attached hydrogen (secondary N) is 2. The smallest absolute Gasteiger partial charge is 0.265 e. The highest BCUT2D eigenvalue weighted by molar-refractivity contribution is 9.10. The second-order valence-electron chi connectivity index (χ2n) is 5.77. The molecule has 2 rings (SSSR count). The second-order valence-corrected chi connectivity index (χ2v) is 6.69. The summed E-state index contributed by atoms with van der Waals surface area (Å²) in [6.07, 6.45) is -0.655. The standard InChI is InChI=1S/C19H21BrN2O3/c1-11-9-15(20)10-12(2)17(11)25-13(3)18(23)22-16-7-5-14(6-8-16)19(24)21-4/h5-10,13H,1-4H3,(H,21,24)(H,22,23). The van der Waals surface area contributed by atoms with Gasteiger partial charge < -0.3 is 15.4 Å². The van der Waals surface area contributed by atoms with Gasteiger partial charge in [0.1, 0.15) is 5.75 Å². The number of benzene rings is 2. The van der Waals surface area contributed by atoms with E-state index in [1.807, 2.05) is 26.0 Å². The van der Waals surface area contributed by atoms with Crippen LogP contribution >= 0.6 is 15.9 Å². The number of hydrogen-bond donors (Lipinski definition) is 2. The molecule has 132 valence electrons. The number of hydrogen-bond acceptors (Lipinski definition) is 3. The Morgan fingerprint density at radius 2 is 1.64 bits per heavy atom. The van der Waals surface area contributed by atoms with Gasteiger partial charge in [0.05, 0.1) is 0 Å². The van der Waals surface area contributed by atoms with E-state index >= 15 is 0 Å². The normalized spacial score (nSPS) is 11.6. The molecule has 0 saturated carbocycles. The van der Waals surface area contributed by atoms with Crippen LogP contribution in [0.4, 0.5) is 5.69 Å². The molecule has 2 amide bonds. The fourth-order valence-corrected chi connectivity index (χ4v) is 3.09. The van der Waals surface area contributed by atoms with Crippen molar-refractivity contribution in [2.24, 2.45) is 0 Å². The Morgan fingerprint density at radius 3 is 2.16 bits per heavy atom. The van der Waals surface area contributed by atoms with Crippen LogP contribution in [0.15, 0.2) is 40.9 Å². The fraction of sp³-hybridized carbons (Fsp3) is 0.263. The number of rotatable bonds is 5. The third-order valence-electron chi connectivity index (χ3n) is 3.73. The maximum Gasteiger partial charge on any atom is 0.265 e. The van der Waals surface area contributed by atoms with Gasteiger partial charge in [-0.2, -0.15) is 0 Å². The molecule has 1 atom stereocenters. The van der Waals surface area contributed by atoms with Gasteiger partial charge in [0.15, 0.2) is 6.10 Å². The Kier molecular flexibility index (Phi) is 6.20. The minimum absolute atomic E-state index is 0.171. The van der Waals surface area contributed by atoms with E-state index in [1.165, 1.54) is 0 Å². The Hall–Kier alpha value is -2.34. The SMILES string of the molecule is CNC(=O)c1ccc(NC(=O)C(C)Oc2c(C)cc(Br)cc2C)cc1. The predicted octanol–water partition coefficient (Wildman–Crippen LogP) is 3.83. The molecular weight excluding hydrogens is 384 g/mol. The lowest BCUT2D eigenvalue weighted by Crippen LogP contribution is -2.30. The van der Waals surface area contributed by atoms with E-state index in [4.69, 9.17) is 4.74 Å². The van der Waals surface area contributed by atoms with E-state index < -0.39 is 6.10 Å². The Balaban J connectivity index is 2.04. The largest absolute Gasteiger partial charge is 0.480 e. The molecule has 2 aromatic rings. The van der Waals surface area contributed by atoms with Crippen molar-refractivity contribution in [3.05, 3.63) is 57.6 Å². The number of carbonyl (C=O) groups is 2. The second kappa shape index (κ2) is 8.16. The molecule has 0 saturated heterocycles. The minimum atomic E-state index is -0.655. The molecule has 6 heteroatoms. The molecule has 0 aromatic heterocycles. The van der Waals surface area contributed by atoms with Crippen LogP contribution in [-0.2, 0) is 4.79 Å². The summed E-state index contributed by atoms with van der Waals surface area (Å²) in [6, 6.07) is 10.6. The molecule has 2 N–H and O–H groups in total. The molecule has 5 nitrogen and oxygen atoms in total. The molecule has 0 aliphatic rings. The number of amides is 2. The third-order valence-corrected chi connectivity index (χ3v) is 4.19. The first-order chi connectivity index (χ1) is 11.8. The zero-order valence-corrected chi connectivity index (χ0v) is 16.2. The Bertz CT molecular complexity index is 765. The van der Waals surface area contributed by atoms with E-state index in [0.717, 1.165) is 15.6 Å². The zero-order chi connectivity index (χ0) is 18.6. The van der Waals surface area contributed by atoms with Gasteiger partial charge in [-0.1, -0.05) is 15.9 Å². The Morgan fingerprint density at radius 1 is 1.08 bits per heavy atom. The van der Waals surface area contributed by atoms with Crippen LogP contribution < -0.4 is 15.4 Å². The predicted molar refractivity (Wildman–Crippen MR) is 102 cm³/mol. The molecule has 0 aliphatic carbocycles. The first-order valence-corrected chi connectivity index (χ1v) is 8.67. The number of halogens is 1. The van der Waals surface area contributed by atoms with Gasteiger partial charge in [-0.3, -0.25) is 9.59 Å². The van der Waals surface area contributed by atoms with Crippen LogP contribution in [0.3, 0.4) is 0 Å². The first kappa shape index (κ1) is 19.0. The van der Waals surface area contributed by atoms with Gasteiger partial charge in [0, 0.05) is 22.8 Å². The van der Waals surface area contributed by atoms with Crippen molar-refractivity contribution in [2.45, 2.75) is 26.9 Å². The van der Waals surface area contributed by atoms with Gasteiger partial charge in [-0.25, -0.2) is 0 Å². The molecule has 25 heavy (non-hydrogen) atoms. The molecular formula is C19H21BrN2O3. The summed E-state index contributed by atoms with van der Waals surface area (Å²) in [5.41, 5.74) is 3.06. The van der Waals surface area contributed by atoms with Crippen LogP contribution in [0.5, 0.6) is 5.75 Å². The monoisotopic (exact) mass is 404 g/mol. The molecule has 0 aliphatic heterocycles. The van der Waals surface area contributed by atoms with Crippen molar-refractivity contribution in [3.63, 3.8) is 0 Å². The highest BCUT2D eigenvalue weighted by Gasteiger charge is 2.17. The highest BCUT2D eigenvalue weighted by Crippen LogP contribution is 2.28. The molecule has 0 heterocycles. The van der Waals surface area contributed by atoms with E-state index in [9.17, 15) is 9.59 Å². The molecule has 0 spiro atoms. The Labute approximate surface area is 155 Å². The zero-order valence-electron chi connectivity index (χ0n) is 14.6. The van der Waals surface area contributed by atoms with Gasteiger partial charge in [-0.05, 0) is 68.3 Å². The summed E-state index contributed by atoms with van der Waals surface area (Å²) in [7, 11) is 1.57. The lowest BCUT2D eigenvalue weighted by molar-refractivity contribution is -0.122. The van der Waals surface area contributed by atoms with E-state index in [0.29, 0.717) is 17.0 Å². The van der Waals surface area contributed by atoms with Crippen LogP contribution in [0.25, 0.3) is 0 Å². The van der Waals surface area contributed by atoms with Crippen molar-refractivity contribution >= 4 is 33.4 Å². The summed E-state index contributed by atoms with van der Waals surface area (Å²) >= 11 is 3.44. The van der Waals surface area contributed by atoms with Crippen LogP contribution in [-0.4, -0.2) is 25.0 Å². The molecule has 1 unspecified atom stereocenters. The van der Waals surface area contributed by atoms with E-state index in [2.05, 4.69) is 26.6 Å². The third kappa shape index (κ3) is 4.82. The summed E-state index contributed by atoms with van der Waals surface area (Å²) in [5, 5.41) is 5.34. The summed E-state index contributed by atoms with van der Waals surface area (Å²) in [6.45, 7) is 5.58. The number of aryl methyl sites for hydroxylation is 2. The highest BCUT2D eigenvalue weighted by atomic mass is 79.9. The maximum atomic E-state index is 12.4. The van der Waals surface area contributed by atoms with Gasteiger partial charge in [-0.15, -0.1) is 0 Å². The van der Waals surface area contributed by atoms with Crippen LogP contribution in [0, 0.1) is 13.8 Å². The summed E-state index contributed by atoms with van der Waals surface area (Å²) < 4.78 is 6.82. The number of ether oxygens (including phenoxy) is 1. The number of carbonyl (C=O) groups excluding carboxylic acids is 2. The minimum Gasteiger partial charge on any atom is -0.480 e. The van der Waals surface area contributed by atoms with Crippen molar-refractivity contribution in [1.29, 1.82) is 0 Å². The topological polar surface area (TPSA) is 67.4 Å². The van der Waals surface area contributed by atoms with Gasteiger partial charge in [0.2, 0.25) is 0 Å². The number of anilines is 1.